The van der Waals surface area contributed by atoms with Crippen LogP contribution in [0.15, 0.2) is 22.7 Å². The molecule has 94 valence electrons. The third-order valence-electron chi connectivity index (χ3n) is 3.30. The van der Waals surface area contributed by atoms with E-state index in [1.54, 1.807) is 0 Å². The number of ether oxygens (including phenoxy) is 1. The molecule has 0 aliphatic carbocycles. The summed E-state index contributed by atoms with van der Waals surface area (Å²) < 4.78 is 6.34. The van der Waals surface area contributed by atoms with Gasteiger partial charge in [0.25, 0.3) is 0 Å². The van der Waals surface area contributed by atoms with Crippen LogP contribution in [0.3, 0.4) is 0 Å². The van der Waals surface area contributed by atoms with E-state index in [-0.39, 0.29) is 5.54 Å². The topological polar surface area (TPSA) is 21.3 Å². The summed E-state index contributed by atoms with van der Waals surface area (Å²) in [5.41, 5.74) is 1.44. The van der Waals surface area contributed by atoms with E-state index in [4.69, 9.17) is 16.3 Å². The summed E-state index contributed by atoms with van der Waals surface area (Å²) in [6, 6.07) is 6.05. The van der Waals surface area contributed by atoms with Gasteiger partial charge in [-0.25, -0.2) is 0 Å². The third-order valence-corrected chi connectivity index (χ3v) is 4.51. The van der Waals surface area contributed by atoms with Crippen LogP contribution in [0.1, 0.15) is 25.3 Å². The maximum absolute atomic E-state index is 5.97. The van der Waals surface area contributed by atoms with Crippen LogP contribution in [0.5, 0.6) is 0 Å². The lowest BCUT2D eigenvalue weighted by Gasteiger charge is -2.34. The van der Waals surface area contributed by atoms with E-state index in [1.165, 1.54) is 5.56 Å². The van der Waals surface area contributed by atoms with Crippen LogP contribution in [0.25, 0.3) is 0 Å². The van der Waals surface area contributed by atoms with Gasteiger partial charge in [0.05, 0.1) is 5.02 Å². The predicted molar refractivity (Wildman–Crippen MR) is 74.4 cm³/mol. The van der Waals surface area contributed by atoms with Crippen LogP contribution in [-0.4, -0.2) is 18.8 Å². The Kier molecular flexibility index (Phi) is 4.47. The molecule has 1 fully saturated rings. The largest absolute Gasteiger partial charge is 0.381 e. The van der Waals surface area contributed by atoms with E-state index in [1.807, 2.05) is 6.07 Å². The van der Waals surface area contributed by atoms with E-state index in [0.29, 0.717) is 0 Å². The second-order valence-electron chi connectivity index (χ2n) is 4.78. The standard InChI is InChI=1S/C13H17BrClNO/c1-13(4-6-17-7-5-13)16-9-10-2-3-12(15)11(14)8-10/h2-3,8,16H,4-7,9H2,1H3. The summed E-state index contributed by atoms with van der Waals surface area (Å²) >= 11 is 9.42. The molecule has 1 aromatic carbocycles. The molecule has 0 spiro atoms. The van der Waals surface area contributed by atoms with Crippen molar-refractivity contribution in [2.24, 2.45) is 0 Å². The second-order valence-corrected chi connectivity index (χ2v) is 6.04. The quantitative estimate of drug-likeness (QED) is 0.916. The monoisotopic (exact) mass is 317 g/mol. The highest BCUT2D eigenvalue weighted by molar-refractivity contribution is 9.10. The predicted octanol–water partition coefficient (Wildman–Crippen LogP) is 3.76. The Morgan fingerprint density at radius 2 is 2.12 bits per heavy atom. The van der Waals surface area contributed by atoms with Gasteiger partial charge in [-0.05, 0) is 53.4 Å². The molecule has 1 N–H and O–H groups in total. The van der Waals surface area contributed by atoms with Crippen molar-refractivity contribution in [1.82, 2.24) is 5.32 Å². The third kappa shape index (κ3) is 3.68. The molecule has 0 unspecified atom stereocenters. The normalized spacial score (nSPS) is 19.2. The Morgan fingerprint density at radius 1 is 1.41 bits per heavy atom. The van der Waals surface area contributed by atoms with Gasteiger partial charge >= 0.3 is 0 Å². The zero-order valence-electron chi connectivity index (χ0n) is 9.93. The minimum absolute atomic E-state index is 0.199. The van der Waals surface area contributed by atoms with Crippen molar-refractivity contribution >= 4 is 27.5 Å². The number of rotatable bonds is 3. The molecule has 0 aromatic heterocycles. The lowest BCUT2D eigenvalue weighted by atomic mass is 9.92. The molecule has 1 heterocycles. The van der Waals surface area contributed by atoms with E-state index in [9.17, 15) is 0 Å². The van der Waals surface area contributed by atoms with Crippen LogP contribution < -0.4 is 5.32 Å². The van der Waals surface area contributed by atoms with Gasteiger partial charge in [0.2, 0.25) is 0 Å². The average Bonchev–Trinajstić information content (AvgIpc) is 2.32. The van der Waals surface area contributed by atoms with Gasteiger partial charge < -0.3 is 10.1 Å². The summed E-state index contributed by atoms with van der Waals surface area (Å²) in [7, 11) is 0. The highest BCUT2D eigenvalue weighted by Gasteiger charge is 2.26. The van der Waals surface area contributed by atoms with Gasteiger partial charge in [-0.15, -0.1) is 0 Å². The van der Waals surface area contributed by atoms with Crippen LogP contribution in [0, 0.1) is 0 Å². The van der Waals surface area contributed by atoms with E-state index >= 15 is 0 Å². The lowest BCUT2D eigenvalue weighted by molar-refractivity contribution is 0.0446. The average molecular weight is 319 g/mol. The smallest absolute Gasteiger partial charge is 0.0548 e. The fourth-order valence-corrected chi connectivity index (χ4v) is 2.51. The van der Waals surface area contributed by atoms with Crippen LogP contribution >= 0.6 is 27.5 Å². The zero-order chi connectivity index (χ0) is 12.3. The Morgan fingerprint density at radius 3 is 2.76 bits per heavy atom. The first-order valence-corrected chi connectivity index (χ1v) is 7.03. The first-order chi connectivity index (χ1) is 8.09. The summed E-state index contributed by atoms with van der Waals surface area (Å²) in [6.45, 7) is 4.84. The fourth-order valence-electron chi connectivity index (χ4n) is 1.96. The van der Waals surface area contributed by atoms with Crippen molar-refractivity contribution in [3.8, 4) is 0 Å². The van der Waals surface area contributed by atoms with Gasteiger partial charge in [-0.2, -0.15) is 0 Å². The van der Waals surface area contributed by atoms with Crippen molar-refractivity contribution in [3.05, 3.63) is 33.3 Å². The summed E-state index contributed by atoms with van der Waals surface area (Å²) in [4.78, 5) is 0. The summed E-state index contributed by atoms with van der Waals surface area (Å²) in [5.74, 6) is 0. The molecule has 0 saturated carbocycles. The molecule has 0 bridgehead atoms. The SMILES string of the molecule is CC1(NCc2ccc(Cl)c(Br)c2)CCOCC1. The van der Waals surface area contributed by atoms with Gasteiger partial charge in [0, 0.05) is 29.8 Å². The maximum Gasteiger partial charge on any atom is 0.0548 e. The fraction of sp³-hybridized carbons (Fsp3) is 0.538. The van der Waals surface area contributed by atoms with Crippen LogP contribution in [0.2, 0.25) is 5.02 Å². The molecule has 4 heteroatoms. The van der Waals surface area contributed by atoms with Crippen molar-refractivity contribution in [2.45, 2.75) is 31.8 Å². The molecule has 0 atom stereocenters. The molecular formula is C13H17BrClNO. The molecule has 1 aliphatic rings. The second kappa shape index (κ2) is 5.70. The zero-order valence-corrected chi connectivity index (χ0v) is 12.3. The lowest BCUT2D eigenvalue weighted by Crippen LogP contribution is -2.46. The molecule has 1 aliphatic heterocycles. The van der Waals surface area contributed by atoms with Crippen LogP contribution in [-0.2, 0) is 11.3 Å². The molecule has 1 aromatic rings. The number of nitrogens with one attached hydrogen (secondary N) is 1. The molecule has 0 radical (unpaired) electrons. The van der Waals surface area contributed by atoms with Crippen molar-refractivity contribution < 1.29 is 4.74 Å². The van der Waals surface area contributed by atoms with Crippen molar-refractivity contribution in [2.75, 3.05) is 13.2 Å². The Bertz CT molecular complexity index is 391. The van der Waals surface area contributed by atoms with Gasteiger partial charge in [-0.3, -0.25) is 0 Å². The van der Waals surface area contributed by atoms with Gasteiger partial charge in [-0.1, -0.05) is 17.7 Å². The van der Waals surface area contributed by atoms with E-state index in [0.717, 1.165) is 42.1 Å². The summed E-state index contributed by atoms with van der Waals surface area (Å²) in [6.07, 6.45) is 2.14. The Labute approximate surface area is 116 Å². The minimum Gasteiger partial charge on any atom is -0.381 e. The number of hydrogen-bond acceptors (Lipinski definition) is 2. The minimum atomic E-state index is 0.199. The highest BCUT2D eigenvalue weighted by Crippen LogP contribution is 2.24. The summed E-state index contributed by atoms with van der Waals surface area (Å²) in [5, 5.41) is 4.37. The first-order valence-electron chi connectivity index (χ1n) is 5.86. The Balaban J connectivity index is 1.94. The molecular weight excluding hydrogens is 302 g/mol. The van der Waals surface area contributed by atoms with Crippen LogP contribution in [0.4, 0.5) is 0 Å². The molecule has 2 rings (SSSR count). The van der Waals surface area contributed by atoms with Gasteiger partial charge in [0.1, 0.15) is 0 Å². The molecule has 17 heavy (non-hydrogen) atoms. The highest BCUT2D eigenvalue weighted by atomic mass is 79.9. The number of halogens is 2. The molecule has 2 nitrogen and oxygen atoms in total. The maximum atomic E-state index is 5.97. The number of hydrogen-bond donors (Lipinski definition) is 1. The van der Waals surface area contributed by atoms with Gasteiger partial charge in [0.15, 0.2) is 0 Å². The van der Waals surface area contributed by atoms with Crippen molar-refractivity contribution in [1.29, 1.82) is 0 Å². The first kappa shape index (κ1) is 13.3. The Hall–Kier alpha value is -0.0900. The van der Waals surface area contributed by atoms with Crippen molar-refractivity contribution in [3.63, 3.8) is 0 Å². The molecule has 0 amide bonds. The molecule has 1 saturated heterocycles. The number of benzene rings is 1. The van der Waals surface area contributed by atoms with E-state index in [2.05, 4.69) is 40.3 Å². The van der Waals surface area contributed by atoms with E-state index < -0.39 is 0 Å².